The second-order valence-electron chi connectivity index (χ2n) is 7.42. The summed E-state index contributed by atoms with van der Waals surface area (Å²) in [6.45, 7) is 3.36. The number of nitro benzene ring substituents is 1. The van der Waals surface area contributed by atoms with Crippen molar-refractivity contribution in [1.82, 2.24) is 10.4 Å². The third-order valence-corrected chi connectivity index (χ3v) is 5.10. The first-order chi connectivity index (χ1) is 16.2. The quantitative estimate of drug-likeness (QED) is 0.298. The highest BCUT2D eigenvalue weighted by Crippen LogP contribution is 2.34. The van der Waals surface area contributed by atoms with Crippen LogP contribution in [0.15, 0.2) is 54.6 Å². The lowest BCUT2D eigenvalue weighted by molar-refractivity contribution is -0.384. The second kappa shape index (κ2) is 9.94. The maximum atomic E-state index is 13.3. The lowest BCUT2D eigenvalue weighted by atomic mass is 10.2. The molecule has 34 heavy (non-hydrogen) atoms. The van der Waals surface area contributed by atoms with Gasteiger partial charge in [0.25, 0.3) is 23.4 Å². The first-order valence-electron chi connectivity index (χ1n) is 10.2. The Labute approximate surface area is 194 Å². The number of aryl methyl sites for hydroxylation is 1. The van der Waals surface area contributed by atoms with Crippen LogP contribution in [0.25, 0.3) is 0 Å². The molecule has 0 aromatic heterocycles. The van der Waals surface area contributed by atoms with E-state index in [2.05, 4.69) is 5.43 Å². The lowest BCUT2D eigenvalue weighted by Crippen LogP contribution is -2.54. The monoisotopic (exact) mass is 466 g/mol. The molecule has 11 heteroatoms. The van der Waals surface area contributed by atoms with Gasteiger partial charge in [0.2, 0.25) is 5.91 Å². The van der Waals surface area contributed by atoms with Gasteiger partial charge in [-0.1, -0.05) is 18.2 Å². The smallest absolute Gasteiger partial charge is 0.270 e. The molecule has 1 atom stereocenters. The zero-order valence-electron chi connectivity index (χ0n) is 18.7. The third kappa shape index (κ3) is 4.77. The van der Waals surface area contributed by atoms with E-state index in [1.54, 1.807) is 32.0 Å². The average molecular weight is 466 g/mol. The topological polar surface area (TPSA) is 139 Å². The first-order valence-corrected chi connectivity index (χ1v) is 10.2. The normalized spacial score (nSPS) is 15.5. The Morgan fingerprint density at radius 1 is 1.24 bits per heavy atom. The Bertz CT molecular complexity index is 1210. The molecule has 11 nitrogen and oxygen atoms in total. The van der Waals surface area contributed by atoms with E-state index in [1.807, 2.05) is 0 Å². The van der Waals surface area contributed by atoms with Crippen LogP contribution in [0.3, 0.4) is 0 Å². The molecule has 1 unspecified atom stereocenters. The Morgan fingerprint density at radius 2 is 1.97 bits per heavy atom. The minimum atomic E-state index is -1.33. The summed E-state index contributed by atoms with van der Waals surface area (Å²) in [5.74, 6) is -2.62. The molecule has 1 fully saturated rings. The number of hydrogen-bond acceptors (Lipinski definition) is 7. The summed E-state index contributed by atoms with van der Waals surface area (Å²) in [6.07, 6.45) is 2.16. The molecular formula is C23H22N4O7. The highest BCUT2D eigenvalue weighted by atomic mass is 16.6. The van der Waals surface area contributed by atoms with Crippen LogP contribution in [0.1, 0.15) is 29.3 Å². The molecule has 1 aliphatic rings. The van der Waals surface area contributed by atoms with Crippen molar-refractivity contribution in [3.05, 3.63) is 75.9 Å². The average Bonchev–Trinajstić information content (AvgIpc) is 3.10. The van der Waals surface area contributed by atoms with Crippen LogP contribution in [0.5, 0.6) is 5.75 Å². The SMILES string of the molecule is CC=CC(=O)N(NC(=O)c1cccc([N+](=O)[O-])c1)C1CC(=O)N(c2cc(C)ccc2OC)C1=O. The molecule has 3 rings (SSSR count). The summed E-state index contributed by atoms with van der Waals surface area (Å²) in [7, 11) is 1.40. The van der Waals surface area contributed by atoms with Crippen molar-refractivity contribution in [2.75, 3.05) is 12.0 Å². The lowest BCUT2D eigenvalue weighted by Gasteiger charge is -2.27. The molecule has 1 aliphatic heterocycles. The molecule has 0 bridgehead atoms. The molecule has 2 aromatic carbocycles. The van der Waals surface area contributed by atoms with Crippen LogP contribution in [0.4, 0.5) is 11.4 Å². The van der Waals surface area contributed by atoms with Crippen LogP contribution in [-0.2, 0) is 14.4 Å². The van der Waals surface area contributed by atoms with E-state index in [1.165, 1.54) is 31.4 Å². The molecule has 1 N–H and O–H groups in total. The van der Waals surface area contributed by atoms with Gasteiger partial charge in [-0.3, -0.25) is 34.7 Å². The number of nitro groups is 1. The summed E-state index contributed by atoms with van der Waals surface area (Å²) in [4.78, 5) is 63.0. The summed E-state index contributed by atoms with van der Waals surface area (Å²) in [5.41, 5.74) is 2.92. The molecule has 0 aliphatic carbocycles. The standard InChI is InChI=1S/C23H22N4O7/c1-4-6-20(28)26(24-22(30)15-7-5-8-16(12-15)27(32)33)18-13-21(29)25(23(18)31)17-11-14(2)9-10-19(17)34-3/h4-12,18H,13H2,1-3H3,(H,24,30). The van der Waals surface area contributed by atoms with Crippen molar-refractivity contribution < 1.29 is 28.8 Å². The van der Waals surface area contributed by atoms with E-state index in [-0.39, 0.29) is 23.4 Å². The molecule has 0 spiro atoms. The Kier molecular flexibility index (Phi) is 7.05. The number of nitrogens with one attached hydrogen (secondary N) is 1. The van der Waals surface area contributed by atoms with Crippen LogP contribution >= 0.6 is 0 Å². The largest absolute Gasteiger partial charge is 0.495 e. The number of benzene rings is 2. The van der Waals surface area contributed by atoms with E-state index in [4.69, 9.17) is 4.74 Å². The number of rotatable bonds is 6. The fourth-order valence-corrected chi connectivity index (χ4v) is 3.49. The Balaban J connectivity index is 1.95. The van der Waals surface area contributed by atoms with Gasteiger partial charge in [0.15, 0.2) is 0 Å². The number of carbonyl (C=O) groups is 4. The second-order valence-corrected chi connectivity index (χ2v) is 7.42. The van der Waals surface area contributed by atoms with Crippen molar-refractivity contribution in [3.63, 3.8) is 0 Å². The van der Waals surface area contributed by atoms with Gasteiger partial charge in [-0.25, -0.2) is 9.91 Å². The number of hydrogen-bond donors (Lipinski definition) is 1. The molecule has 176 valence electrons. The van der Waals surface area contributed by atoms with Gasteiger partial charge in [-0.05, 0) is 37.6 Å². The van der Waals surface area contributed by atoms with Crippen LogP contribution in [0, 0.1) is 17.0 Å². The predicted molar refractivity (Wildman–Crippen MR) is 121 cm³/mol. The van der Waals surface area contributed by atoms with E-state index >= 15 is 0 Å². The molecular weight excluding hydrogens is 444 g/mol. The molecule has 0 saturated carbocycles. The van der Waals surface area contributed by atoms with Crippen molar-refractivity contribution in [1.29, 1.82) is 0 Å². The number of non-ortho nitro benzene ring substituents is 1. The fourth-order valence-electron chi connectivity index (χ4n) is 3.49. The number of carbonyl (C=O) groups excluding carboxylic acids is 4. The summed E-state index contributed by atoms with van der Waals surface area (Å²) >= 11 is 0. The maximum absolute atomic E-state index is 13.3. The van der Waals surface area contributed by atoms with Gasteiger partial charge in [-0.2, -0.15) is 0 Å². The number of hydrazine groups is 1. The highest BCUT2D eigenvalue weighted by molar-refractivity contribution is 6.24. The number of imide groups is 1. The first kappa shape index (κ1) is 24.1. The zero-order valence-corrected chi connectivity index (χ0v) is 18.7. The van der Waals surface area contributed by atoms with E-state index in [9.17, 15) is 29.3 Å². The molecule has 2 aromatic rings. The van der Waals surface area contributed by atoms with Gasteiger partial charge < -0.3 is 4.74 Å². The summed E-state index contributed by atoms with van der Waals surface area (Å²) in [6, 6.07) is 8.55. The van der Waals surface area contributed by atoms with Gasteiger partial charge in [0.05, 0.1) is 24.1 Å². The Hall–Kier alpha value is -4.54. The highest BCUT2D eigenvalue weighted by Gasteiger charge is 2.46. The van der Waals surface area contributed by atoms with E-state index in [0.29, 0.717) is 5.75 Å². The minimum Gasteiger partial charge on any atom is -0.495 e. The zero-order chi connectivity index (χ0) is 25.0. The van der Waals surface area contributed by atoms with Crippen LogP contribution in [-0.4, -0.2) is 46.7 Å². The van der Waals surface area contributed by atoms with Crippen molar-refractivity contribution >= 4 is 35.0 Å². The maximum Gasteiger partial charge on any atom is 0.270 e. The predicted octanol–water partition coefficient (Wildman–Crippen LogP) is 2.29. The number of allylic oxidation sites excluding steroid dienone is 1. The van der Waals surface area contributed by atoms with Gasteiger partial charge >= 0.3 is 0 Å². The van der Waals surface area contributed by atoms with E-state index in [0.717, 1.165) is 27.6 Å². The number of methoxy groups -OCH3 is 1. The minimum absolute atomic E-state index is 0.0959. The number of amides is 4. The van der Waals surface area contributed by atoms with E-state index < -0.39 is 34.6 Å². The fraction of sp³-hybridized carbons (Fsp3) is 0.217. The van der Waals surface area contributed by atoms with Gasteiger partial charge in [-0.15, -0.1) is 0 Å². The number of nitrogens with zero attached hydrogens (tertiary/aromatic N) is 3. The third-order valence-electron chi connectivity index (χ3n) is 5.10. The molecule has 1 heterocycles. The molecule has 0 radical (unpaired) electrons. The van der Waals surface area contributed by atoms with Gasteiger partial charge in [0, 0.05) is 23.8 Å². The molecule has 1 saturated heterocycles. The van der Waals surface area contributed by atoms with Crippen molar-refractivity contribution in [3.8, 4) is 5.75 Å². The molecule has 4 amide bonds. The van der Waals surface area contributed by atoms with Crippen LogP contribution < -0.4 is 15.1 Å². The summed E-state index contributed by atoms with van der Waals surface area (Å²) in [5, 5.41) is 11.8. The Morgan fingerprint density at radius 3 is 2.62 bits per heavy atom. The number of anilines is 1. The van der Waals surface area contributed by atoms with Crippen molar-refractivity contribution in [2.24, 2.45) is 0 Å². The van der Waals surface area contributed by atoms with Gasteiger partial charge in [0.1, 0.15) is 11.8 Å². The number of ether oxygens (including phenoxy) is 1. The van der Waals surface area contributed by atoms with Crippen molar-refractivity contribution in [2.45, 2.75) is 26.3 Å². The summed E-state index contributed by atoms with van der Waals surface area (Å²) < 4.78 is 5.28. The van der Waals surface area contributed by atoms with Crippen LogP contribution in [0.2, 0.25) is 0 Å².